The molecule has 6 heteroatoms. The Balaban J connectivity index is 1.79. The van der Waals surface area contributed by atoms with Crippen LogP contribution in [-0.4, -0.2) is 35.1 Å². The van der Waals surface area contributed by atoms with Crippen molar-refractivity contribution in [2.75, 3.05) is 20.3 Å². The number of rotatable bonds is 4. The van der Waals surface area contributed by atoms with Crippen molar-refractivity contribution in [1.29, 1.82) is 0 Å². The van der Waals surface area contributed by atoms with E-state index in [1.807, 2.05) is 31.3 Å². The smallest absolute Gasteiger partial charge is 0.192 e. The van der Waals surface area contributed by atoms with Crippen LogP contribution in [-0.2, 0) is 18.2 Å². The maximum atomic E-state index is 5.94. The van der Waals surface area contributed by atoms with Crippen molar-refractivity contribution >= 4 is 0 Å². The highest BCUT2D eigenvalue weighted by atomic mass is 16.6. The molecule has 0 aliphatic carbocycles. The number of aryl methyl sites for hydroxylation is 1. The van der Waals surface area contributed by atoms with E-state index in [1.165, 1.54) is 0 Å². The third-order valence-electron chi connectivity index (χ3n) is 3.17. The van der Waals surface area contributed by atoms with Crippen LogP contribution in [0, 0.1) is 0 Å². The van der Waals surface area contributed by atoms with Crippen molar-refractivity contribution in [3.63, 3.8) is 0 Å². The third kappa shape index (κ3) is 2.46. The first-order chi connectivity index (χ1) is 9.78. The summed E-state index contributed by atoms with van der Waals surface area (Å²) >= 11 is 0. The highest BCUT2D eigenvalue weighted by Gasteiger charge is 2.26. The average Bonchev–Trinajstić information content (AvgIpc) is 2.85. The Bertz CT molecular complexity index is 597. The number of ether oxygens (including phenoxy) is 3. The Morgan fingerprint density at radius 1 is 1.35 bits per heavy atom. The molecule has 1 aliphatic rings. The van der Waals surface area contributed by atoms with Gasteiger partial charge in [0, 0.05) is 20.6 Å². The Morgan fingerprint density at radius 3 is 2.95 bits per heavy atom. The minimum atomic E-state index is -0.237. The van der Waals surface area contributed by atoms with Crippen LogP contribution < -0.4 is 9.47 Å². The second-order valence-corrected chi connectivity index (χ2v) is 4.62. The molecule has 0 radical (unpaired) electrons. The Labute approximate surface area is 117 Å². The van der Waals surface area contributed by atoms with E-state index in [1.54, 1.807) is 11.8 Å². The summed E-state index contributed by atoms with van der Waals surface area (Å²) in [4.78, 5) is 4.51. The topological polar surface area (TPSA) is 58.4 Å². The summed E-state index contributed by atoms with van der Waals surface area (Å²) in [5, 5.41) is 4.37. The van der Waals surface area contributed by atoms with E-state index in [0.29, 0.717) is 19.6 Å². The van der Waals surface area contributed by atoms with Crippen LogP contribution in [0.4, 0.5) is 0 Å². The van der Waals surface area contributed by atoms with Gasteiger partial charge in [0.2, 0.25) is 0 Å². The van der Waals surface area contributed by atoms with Gasteiger partial charge in [0.05, 0.1) is 6.61 Å². The number of fused-ring (bicyclic) bond motifs is 1. The Morgan fingerprint density at radius 2 is 2.15 bits per heavy atom. The Kier molecular flexibility index (Phi) is 3.56. The van der Waals surface area contributed by atoms with Gasteiger partial charge in [-0.1, -0.05) is 12.1 Å². The molecule has 1 aromatic carbocycles. The van der Waals surface area contributed by atoms with Gasteiger partial charge in [0.15, 0.2) is 29.3 Å². The van der Waals surface area contributed by atoms with Crippen LogP contribution in [0.25, 0.3) is 0 Å². The van der Waals surface area contributed by atoms with Gasteiger partial charge in [-0.15, -0.1) is 0 Å². The summed E-state index contributed by atoms with van der Waals surface area (Å²) in [6, 6.07) is 7.63. The molecule has 2 heterocycles. The molecule has 3 rings (SSSR count). The lowest BCUT2D eigenvalue weighted by Crippen LogP contribution is -2.24. The predicted octanol–water partition coefficient (Wildman–Crippen LogP) is 1.52. The number of nitrogens with zero attached hydrogens (tertiary/aromatic N) is 3. The highest BCUT2D eigenvalue weighted by Crippen LogP contribution is 2.35. The van der Waals surface area contributed by atoms with Crippen LogP contribution in [0.1, 0.15) is 17.8 Å². The van der Waals surface area contributed by atoms with E-state index in [2.05, 4.69) is 10.1 Å². The number of benzene rings is 1. The number of hydrogen-bond acceptors (Lipinski definition) is 5. The van der Waals surface area contributed by atoms with Gasteiger partial charge in [0.25, 0.3) is 0 Å². The maximum absolute atomic E-state index is 5.94. The first-order valence-corrected chi connectivity index (χ1v) is 6.55. The van der Waals surface area contributed by atoms with E-state index in [-0.39, 0.29) is 6.10 Å². The van der Waals surface area contributed by atoms with Gasteiger partial charge >= 0.3 is 0 Å². The molecule has 0 amide bonds. The summed E-state index contributed by atoms with van der Waals surface area (Å²) in [6.45, 7) is 1.04. The third-order valence-corrected chi connectivity index (χ3v) is 3.17. The summed E-state index contributed by atoms with van der Waals surface area (Å²) < 4.78 is 18.4. The molecule has 0 unspecified atom stereocenters. The van der Waals surface area contributed by atoms with Gasteiger partial charge in [-0.2, -0.15) is 5.10 Å². The number of hydrogen-bond donors (Lipinski definition) is 0. The zero-order valence-electron chi connectivity index (χ0n) is 11.6. The standard InChI is InChI=1S/C14H17N3O3/c1-17-14(15-13(16-17)7-8-18-2)12-9-19-10-5-3-4-6-11(10)20-12/h3-6,12H,7-9H2,1-2H3/t12-/m0/s1. The Hall–Kier alpha value is -2.08. The molecule has 1 atom stereocenters. The molecule has 2 aromatic rings. The second-order valence-electron chi connectivity index (χ2n) is 4.62. The molecule has 1 aromatic heterocycles. The minimum absolute atomic E-state index is 0.237. The SMILES string of the molecule is COCCc1nc([C@@H]2COc3ccccc3O2)n(C)n1. The maximum Gasteiger partial charge on any atom is 0.192 e. The molecular weight excluding hydrogens is 258 g/mol. The number of methoxy groups -OCH3 is 1. The number of aromatic nitrogens is 3. The second kappa shape index (κ2) is 5.50. The fraction of sp³-hybridized carbons (Fsp3) is 0.429. The molecule has 0 N–H and O–H groups in total. The average molecular weight is 275 g/mol. The molecule has 0 spiro atoms. The monoisotopic (exact) mass is 275 g/mol. The minimum Gasteiger partial charge on any atom is -0.485 e. The largest absolute Gasteiger partial charge is 0.485 e. The van der Waals surface area contributed by atoms with Crippen molar-refractivity contribution < 1.29 is 14.2 Å². The predicted molar refractivity (Wildman–Crippen MR) is 71.9 cm³/mol. The number of para-hydroxylation sites is 2. The zero-order chi connectivity index (χ0) is 13.9. The van der Waals surface area contributed by atoms with Crippen LogP contribution >= 0.6 is 0 Å². The summed E-state index contributed by atoms with van der Waals surface area (Å²) in [6.07, 6.45) is 0.452. The van der Waals surface area contributed by atoms with Gasteiger partial charge in [-0.05, 0) is 12.1 Å². The van der Waals surface area contributed by atoms with Crippen molar-refractivity contribution in [2.45, 2.75) is 12.5 Å². The molecule has 20 heavy (non-hydrogen) atoms. The van der Waals surface area contributed by atoms with E-state index in [0.717, 1.165) is 23.1 Å². The van der Waals surface area contributed by atoms with Crippen LogP contribution in [0.5, 0.6) is 11.5 Å². The van der Waals surface area contributed by atoms with Crippen LogP contribution in [0.3, 0.4) is 0 Å². The summed E-state index contributed by atoms with van der Waals surface area (Å²) in [7, 11) is 3.53. The first kappa shape index (κ1) is 12.9. The van der Waals surface area contributed by atoms with E-state index >= 15 is 0 Å². The van der Waals surface area contributed by atoms with Gasteiger partial charge in [-0.3, -0.25) is 0 Å². The van der Waals surface area contributed by atoms with Gasteiger partial charge in [0.1, 0.15) is 6.61 Å². The van der Waals surface area contributed by atoms with Crippen molar-refractivity contribution in [3.8, 4) is 11.5 Å². The van der Waals surface area contributed by atoms with Crippen LogP contribution in [0.15, 0.2) is 24.3 Å². The molecule has 0 bridgehead atoms. The lowest BCUT2D eigenvalue weighted by molar-refractivity contribution is 0.0824. The van der Waals surface area contributed by atoms with E-state index in [9.17, 15) is 0 Å². The molecule has 6 nitrogen and oxygen atoms in total. The van der Waals surface area contributed by atoms with Crippen molar-refractivity contribution in [1.82, 2.24) is 14.8 Å². The highest BCUT2D eigenvalue weighted by molar-refractivity contribution is 5.41. The lowest BCUT2D eigenvalue weighted by atomic mass is 10.2. The molecule has 1 aliphatic heterocycles. The normalized spacial score (nSPS) is 17.2. The zero-order valence-corrected chi connectivity index (χ0v) is 11.6. The fourth-order valence-electron chi connectivity index (χ4n) is 2.18. The van der Waals surface area contributed by atoms with Crippen molar-refractivity contribution in [3.05, 3.63) is 35.9 Å². The first-order valence-electron chi connectivity index (χ1n) is 6.55. The van der Waals surface area contributed by atoms with E-state index in [4.69, 9.17) is 14.2 Å². The quantitative estimate of drug-likeness (QED) is 0.846. The molecule has 106 valence electrons. The summed E-state index contributed by atoms with van der Waals surface area (Å²) in [5.41, 5.74) is 0. The molecular formula is C14H17N3O3. The summed E-state index contributed by atoms with van der Waals surface area (Å²) in [5.74, 6) is 3.04. The van der Waals surface area contributed by atoms with Crippen LogP contribution in [0.2, 0.25) is 0 Å². The van der Waals surface area contributed by atoms with Crippen molar-refractivity contribution in [2.24, 2.45) is 7.05 Å². The van der Waals surface area contributed by atoms with E-state index < -0.39 is 0 Å². The van der Waals surface area contributed by atoms with Gasteiger partial charge < -0.3 is 14.2 Å². The molecule has 0 fully saturated rings. The molecule has 0 saturated heterocycles. The lowest BCUT2D eigenvalue weighted by Gasteiger charge is -2.25. The fourth-order valence-corrected chi connectivity index (χ4v) is 2.18. The molecule has 0 saturated carbocycles. The van der Waals surface area contributed by atoms with Gasteiger partial charge in [-0.25, -0.2) is 9.67 Å².